The molecular formula is C39H26N4O2. The highest BCUT2D eigenvalue weighted by Gasteiger charge is 2.21. The van der Waals surface area contributed by atoms with Gasteiger partial charge in [-0.3, -0.25) is 4.57 Å². The zero-order valence-corrected chi connectivity index (χ0v) is 24.1. The van der Waals surface area contributed by atoms with Gasteiger partial charge in [0.2, 0.25) is 0 Å². The van der Waals surface area contributed by atoms with Crippen LogP contribution in [0.4, 0.5) is 0 Å². The Bertz CT molecular complexity index is 2350. The number of carboxylic acid groups (broad SMARTS) is 1. The number of pyridine rings is 1. The molecule has 0 fully saturated rings. The number of para-hydroxylation sites is 2. The number of carbonyl (C=O) groups is 1. The average Bonchev–Trinajstić information content (AvgIpc) is 3.74. The van der Waals surface area contributed by atoms with Crippen LogP contribution in [0.1, 0.15) is 10.5 Å². The minimum absolute atomic E-state index is 0.0188. The monoisotopic (exact) mass is 582 g/mol. The summed E-state index contributed by atoms with van der Waals surface area (Å²) in [6, 6.07) is 46.3. The van der Waals surface area contributed by atoms with E-state index >= 15 is 0 Å². The van der Waals surface area contributed by atoms with Gasteiger partial charge in [0, 0.05) is 28.4 Å². The summed E-state index contributed by atoms with van der Waals surface area (Å²) in [5, 5.41) is 11.1. The van der Waals surface area contributed by atoms with Crippen LogP contribution in [-0.2, 0) is 0 Å². The Hall–Kier alpha value is -6.27. The van der Waals surface area contributed by atoms with E-state index in [4.69, 9.17) is 4.98 Å². The van der Waals surface area contributed by atoms with Crippen molar-refractivity contribution in [3.63, 3.8) is 0 Å². The van der Waals surface area contributed by atoms with Gasteiger partial charge >= 0.3 is 5.97 Å². The van der Waals surface area contributed by atoms with Crippen LogP contribution >= 0.6 is 0 Å². The number of aromatic amines is 1. The molecule has 0 unspecified atom stereocenters. The van der Waals surface area contributed by atoms with Crippen LogP contribution in [0.3, 0.4) is 0 Å². The van der Waals surface area contributed by atoms with Gasteiger partial charge in [0.1, 0.15) is 11.5 Å². The summed E-state index contributed by atoms with van der Waals surface area (Å²) >= 11 is 0. The topological polar surface area (TPSA) is 83.8 Å². The van der Waals surface area contributed by atoms with Crippen molar-refractivity contribution in [2.75, 3.05) is 0 Å². The molecular weight excluding hydrogens is 556 g/mol. The molecule has 0 spiro atoms. The first-order valence-corrected chi connectivity index (χ1v) is 14.7. The molecule has 0 amide bonds. The molecule has 0 saturated carbocycles. The molecule has 2 N–H and O–H groups in total. The number of rotatable bonds is 6. The Morgan fingerprint density at radius 3 is 2.09 bits per heavy atom. The molecule has 8 rings (SSSR count). The molecule has 3 heterocycles. The van der Waals surface area contributed by atoms with E-state index in [-0.39, 0.29) is 5.69 Å². The van der Waals surface area contributed by atoms with Gasteiger partial charge in [0.15, 0.2) is 0 Å². The maximum Gasteiger partial charge on any atom is 0.354 e. The largest absolute Gasteiger partial charge is 0.477 e. The zero-order chi connectivity index (χ0) is 30.3. The molecule has 0 atom stereocenters. The summed E-state index contributed by atoms with van der Waals surface area (Å²) < 4.78 is 2.18. The number of hydrogen-bond donors (Lipinski definition) is 2. The molecule has 0 bridgehead atoms. The van der Waals surface area contributed by atoms with Gasteiger partial charge in [-0.05, 0) is 64.7 Å². The summed E-state index contributed by atoms with van der Waals surface area (Å²) in [5.41, 5.74) is 9.74. The number of fused-ring (bicyclic) bond motifs is 2. The molecule has 0 saturated heterocycles. The number of hydrogen-bond acceptors (Lipinski definition) is 3. The average molecular weight is 583 g/mol. The summed E-state index contributed by atoms with van der Waals surface area (Å²) in [6.07, 6.45) is 1.94. The number of nitrogens with one attached hydrogen (secondary N) is 1. The number of H-pyrrole nitrogens is 1. The first kappa shape index (κ1) is 26.4. The lowest BCUT2D eigenvalue weighted by Gasteiger charge is -2.13. The molecule has 0 aliphatic heterocycles. The lowest BCUT2D eigenvalue weighted by Crippen LogP contribution is -2.02. The van der Waals surface area contributed by atoms with Crippen molar-refractivity contribution in [1.29, 1.82) is 0 Å². The minimum Gasteiger partial charge on any atom is -0.477 e. The Kier molecular flexibility index (Phi) is 6.31. The third-order valence-corrected chi connectivity index (χ3v) is 8.15. The zero-order valence-electron chi connectivity index (χ0n) is 24.1. The SMILES string of the molecule is O=C(O)c1cc(-c2ccccc2)cc(-c2cccc3c2nc(-c2cccc4cc[nH]c24)n3-c2cccc(-c3ccccc3)c2)n1. The van der Waals surface area contributed by atoms with E-state index in [1.807, 2.05) is 79.0 Å². The Morgan fingerprint density at radius 2 is 1.31 bits per heavy atom. The lowest BCUT2D eigenvalue weighted by molar-refractivity contribution is 0.0690. The fourth-order valence-corrected chi connectivity index (χ4v) is 6.05. The molecule has 3 aromatic heterocycles. The molecule has 6 nitrogen and oxygen atoms in total. The van der Waals surface area contributed by atoms with E-state index in [0.29, 0.717) is 5.69 Å². The Morgan fingerprint density at radius 1 is 0.622 bits per heavy atom. The minimum atomic E-state index is -1.08. The van der Waals surface area contributed by atoms with Crippen LogP contribution in [0.15, 0.2) is 146 Å². The predicted octanol–water partition coefficient (Wildman–Crippen LogP) is 9.27. The molecule has 0 radical (unpaired) electrons. The van der Waals surface area contributed by atoms with Crippen molar-refractivity contribution in [2.45, 2.75) is 0 Å². The van der Waals surface area contributed by atoms with Gasteiger partial charge in [0.05, 0.1) is 22.2 Å². The smallest absolute Gasteiger partial charge is 0.354 e. The number of imidazole rings is 1. The summed E-state index contributed by atoms with van der Waals surface area (Å²) in [6.45, 7) is 0. The first-order chi connectivity index (χ1) is 22.1. The third kappa shape index (κ3) is 4.65. The molecule has 45 heavy (non-hydrogen) atoms. The molecule has 0 aliphatic carbocycles. The van der Waals surface area contributed by atoms with Gasteiger partial charge in [0.25, 0.3) is 0 Å². The fraction of sp³-hybridized carbons (Fsp3) is 0. The van der Waals surface area contributed by atoms with Crippen molar-refractivity contribution in [3.05, 3.63) is 151 Å². The normalized spacial score (nSPS) is 11.3. The van der Waals surface area contributed by atoms with Crippen LogP contribution < -0.4 is 0 Å². The number of nitrogens with zero attached hydrogens (tertiary/aromatic N) is 3. The maximum atomic E-state index is 12.2. The second-order valence-electron chi connectivity index (χ2n) is 10.9. The van der Waals surface area contributed by atoms with Crippen LogP contribution in [0.25, 0.3) is 72.5 Å². The van der Waals surface area contributed by atoms with Gasteiger partial charge in [-0.15, -0.1) is 0 Å². The molecule has 214 valence electrons. The molecule has 5 aromatic carbocycles. The molecule has 6 heteroatoms. The van der Waals surface area contributed by atoms with E-state index < -0.39 is 5.97 Å². The Balaban J connectivity index is 1.41. The van der Waals surface area contributed by atoms with Crippen molar-refractivity contribution < 1.29 is 9.90 Å². The second kappa shape index (κ2) is 10.8. The fourth-order valence-electron chi connectivity index (χ4n) is 6.05. The van der Waals surface area contributed by atoms with Crippen LogP contribution in [-0.4, -0.2) is 30.6 Å². The van der Waals surface area contributed by atoms with Gasteiger partial charge < -0.3 is 10.1 Å². The highest BCUT2D eigenvalue weighted by molar-refractivity contribution is 6.00. The molecule has 0 aliphatic rings. The van der Waals surface area contributed by atoms with Crippen molar-refractivity contribution in [3.8, 4) is 50.6 Å². The highest BCUT2D eigenvalue weighted by atomic mass is 16.4. The van der Waals surface area contributed by atoms with Gasteiger partial charge in [-0.1, -0.05) is 97.1 Å². The van der Waals surface area contributed by atoms with Crippen molar-refractivity contribution >= 4 is 27.9 Å². The van der Waals surface area contributed by atoms with Crippen LogP contribution in [0.5, 0.6) is 0 Å². The number of carboxylic acids is 1. The van der Waals surface area contributed by atoms with E-state index in [2.05, 4.69) is 75.2 Å². The van der Waals surface area contributed by atoms with Gasteiger partial charge in [-0.2, -0.15) is 0 Å². The molecule has 8 aromatic rings. The highest BCUT2D eigenvalue weighted by Crippen LogP contribution is 2.38. The number of aromatic nitrogens is 4. The van der Waals surface area contributed by atoms with Crippen LogP contribution in [0, 0.1) is 0 Å². The number of benzene rings is 5. The first-order valence-electron chi connectivity index (χ1n) is 14.7. The third-order valence-electron chi connectivity index (χ3n) is 8.15. The lowest BCUT2D eigenvalue weighted by atomic mass is 10.0. The maximum absolute atomic E-state index is 12.2. The Labute approximate surface area is 258 Å². The standard InChI is InChI=1S/C39H26N4O2/c44-39(45)34-24-29(26-12-5-2-6-13-26)23-33(41-34)31-17-9-19-35-37(31)42-38(32-18-8-14-27-20-21-40-36(27)32)43(35)30-16-7-15-28(22-30)25-10-3-1-4-11-25/h1-24,40H,(H,44,45). The number of aromatic carboxylic acids is 1. The summed E-state index contributed by atoms with van der Waals surface area (Å²) in [7, 11) is 0. The van der Waals surface area contributed by atoms with Crippen LogP contribution in [0.2, 0.25) is 0 Å². The summed E-state index contributed by atoms with van der Waals surface area (Å²) in [4.78, 5) is 25.5. The quantitative estimate of drug-likeness (QED) is 0.205. The van der Waals surface area contributed by atoms with Crippen molar-refractivity contribution in [1.82, 2.24) is 19.5 Å². The van der Waals surface area contributed by atoms with E-state index in [1.54, 1.807) is 6.07 Å². The summed E-state index contributed by atoms with van der Waals surface area (Å²) in [5.74, 6) is -0.308. The van der Waals surface area contributed by atoms with Gasteiger partial charge in [-0.25, -0.2) is 14.8 Å². The van der Waals surface area contributed by atoms with E-state index in [1.165, 1.54) is 0 Å². The van der Waals surface area contributed by atoms with Crippen molar-refractivity contribution in [2.24, 2.45) is 0 Å². The van der Waals surface area contributed by atoms with E-state index in [0.717, 1.165) is 66.8 Å². The second-order valence-corrected chi connectivity index (χ2v) is 10.9. The van der Waals surface area contributed by atoms with E-state index in [9.17, 15) is 9.90 Å². The predicted molar refractivity (Wildman–Crippen MR) is 179 cm³/mol.